The van der Waals surface area contributed by atoms with E-state index in [9.17, 15) is 8.78 Å². The third-order valence-corrected chi connectivity index (χ3v) is 5.58. The molecule has 0 fully saturated rings. The number of nitrogen functional groups attached to an aromatic ring is 2. The van der Waals surface area contributed by atoms with Gasteiger partial charge in [-0.25, -0.2) is 8.78 Å². The van der Waals surface area contributed by atoms with Crippen molar-refractivity contribution in [2.75, 3.05) is 11.5 Å². The normalized spacial score (nSPS) is 10.8. The zero-order chi connectivity index (χ0) is 14.9. The highest BCUT2D eigenvalue weighted by molar-refractivity contribution is 8.76. The molecule has 0 aromatic heterocycles. The molecule has 0 aliphatic rings. The van der Waals surface area contributed by atoms with Crippen LogP contribution in [0.15, 0.2) is 34.1 Å². The number of halogens is 2. The topological polar surface area (TPSA) is 52.0 Å². The van der Waals surface area contributed by atoms with Gasteiger partial charge in [-0.1, -0.05) is 21.6 Å². The fraction of sp³-hybridized carbons (Fsp3) is 0.143. The van der Waals surface area contributed by atoms with Crippen LogP contribution in [0.25, 0.3) is 0 Å². The first-order chi connectivity index (χ1) is 9.40. The first-order valence-corrected chi connectivity index (χ1v) is 8.00. The van der Waals surface area contributed by atoms with Crippen molar-refractivity contribution < 1.29 is 8.78 Å². The minimum Gasteiger partial charge on any atom is -0.396 e. The predicted molar refractivity (Wildman–Crippen MR) is 82.8 cm³/mol. The summed E-state index contributed by atoms with van der Waals surface area (Å²) in [5, 5.41) is 0. The SMILES string of the molecule is Cc1cc(F)c(N)cc1SSc1ccc(F)c(N)c1C. The molecule has 0 unspecified atom stereocenters. The smallest absolute Gasteiger partial charge is 0.146 e. The van der Waals surface area contributed by atoms with Crippen molar-refractivity contribution in [1.29, 1.82) is 0 Å². The molecule has 2 aromatic carbocycles. The molecule has 0 aliphatic carbocycles. The van der Waals surface area contributed by atoms with Crippen LogP contribution in [0.5, 0.6) is 0 Å². The maximum atomic E-state index is 13.3. The molecule has 4 N–H and O–H groups in total. The third kappa shape index (κ3) is 3.02. The summed E-state index contributed by atoms with van der Waals surface area (Å²) in [6, 6.07) is 6.03. The van der Waals surface area contributed by atoms with Crippen molar-refractivity contribution >= 4 is 33.0 Å². The summed E-state index contributed by atoms with van der Waals surface area (Å²) in [5.74, 6) is -0.835. The maximum absolute atomic E-state index is 13.3. The van der Waals surface area contributed by atoms with Gasteiger partial charge in [-0.2, -0.15) is 0 Å². The van der Waals surface area contributed by atoms with Gasteiger partial charge in [-0.15, -0.1) is 0 Å². The summed E-state index contributed by atoms with van der Waals surface area (Å²) in [4.78, 5) is 1.74. The lowest BCUT2D eigenvalue weighted by Crippen LogP contribution is -1.95. The fourth-order valence-corrected chi connectivity index (χ4v) is 4.14. The Hall–Kier alpha value is -1.40. The van der Waals surface area contributed by atoms with E-state index in [4.69, 9.17) is 11.5 Å². The van der Waals surface area contributed by atoms with Crippen LogP contribution in [0.1, 0.15) is 11.1 Å². The van der Waals surface area contributed by atoms with Gasteiger partial charge in [0.05, 0.1) is 11.4 Å². The van der Waals surface area contributed by atoms with E-state index in [-0.39, 0.29) is 11.4 Å². The summed E-state index contributed by atoms with van der Waals surface area (Å²) in [7, 11) is 2.89. The highest BCUT2D eigenvalue weighted by Gasteiger charge is 2.10. The van der Waals surface area contributed by atoms with E-state index in [0.29, 0.717) is 5.56 Å². The van der Waals surface area contributed by atoms with Crippen molar-refractivity contribution in [2.45, 2.75) is 23.6 Å². The second kappa shape index (κ2) is 5.93. The maximum Gasteiger partial charge on any atom is 0.146 e. The van der Waals surface area contributed by atoms with Gasteiger partial charge in [-0.05, 0) is 49.2 Å². The van der Waals surface area contributed by atoms with Crippen molar-refractivity contribution in [3.63, 3.8) is 0 Å². The Kier molecular flexibility index (Phi) is 4.45. The molecular weight excluding hydrogens is 298 g/mol. The number of benzene rings is 2. The van der Waals surface area contributed by atoms with Gasteiger partial charge in [0.2, 0.25) is 0 Å². The molecule has 2 nitrogen and oxygen atoms in total. The largest absolute Gasteiger partial charge is 0.396 e. The molecule has 0 atom stereocenters. The Morgan fingerprint density at radius 1 is 0.900 bits per heavy atom. The van der Waals surface area contributed by atoms with Crippen LogP contribution in [-0.4, -0.2) is 0 Å². The summed E-state index contributed by atoms with van der Waals surface area (Å²) in [5.41, 5.74) is 13.0. The molecular formula is C14H14F2N2S2. The van der Waals surface area contributed by atoms with E-state index < -0.39 is 11.6 Å². The standard InChI is InChI=1S/C14H14F2N2S2/c1-7-5-10(16)11(17)6-13(7)20-19-12-4-3-9(15)14(18)8(12)2/h3-6H,17-18H2,1-2H3. The summed E-state index contributed by atoms with van der Waals surface area (Å²) >= 11 is 0. The highest BCUT2D eigenvalue weighted by atomic mass is 33.1. The van der Waals surface area contributed by atoms with Gasteiger partial charge in [-0.3, -0.25) is 0 Å². The fourth-order valence-electron chi connectivity index (χ4n) is 1.61. The quantitative estimate of drug-likeness (QED) is 0.645. The Morgan fingerprint density at radius 2 is 1.55 bits per heavy atom. The van der Waals surface area contributed by atoms with Crippen molar-refractivity contribution in [3.8, 4) is 0 Å². The van der Waals surface area contributed by atoms with E-state index in [0.717, 1.165) is 15.4 Å². The second-order valence-electron chi connectivity index (χ2n) is 4.39. The number of rotatable bonds is 3. The van der Waals surface area contributed by atoms with Crippen LogP contribution in [0.3, 0.4) is 0 Å². The monoisotopic (exact) mass is 312 g/mol. The van der Waals surface area contributed by atoms with Gasteiger partial charge in [0, 0.05) is 9.79 Å². The molecule has 2 aromatic rings. The van der Waals surface area contributed by atoms with Crippen molar-refractivity contribution in [1.82, 2.24) is 0 Å². The highest BCUT2D eigenvalue weighted by Crippen LogP contribution is 2.42. The lowest BCUT2D eigenvalue weighted by atomic mass is 10.2. The number of nitrogens with two attached hydrogens (primary N) is 2. The van der Waals surface area contributed by atoms with Gasteiger partial charge in [0.15, 0.2) is 0 Å². The molecule has 0 spiro atoms. The van der Waals surface area contributed by atoms with E-state index >= 15 is 0 Å². The average molecular weight is 312 g/mol. The van der Waals surface area contributed by atoms with E-state index in [1.54, 1.807) is 19.1 Å². The minimum atomic E-state index is -0.418. The number of anilines is 2. The van der Waals surface area contributed by atoms with Gasteiger partial charge in [0.25, 0.3) is 0 Å². The second-order valence-corrected chi connectivity index (χ2v) is 6.60. The molecule has 0 heterocycles. The van der Waals surface area contributed by atoms with Crippen LogP contribution >= 0.6 is 21.6 Å². The van der Waals surface area contributed by atoms with Crippen LogP contribution in [-0.2, 0) is 0 Å². The predicted octanol–water partition coefficient (Wildman–Crippen LogP) is 4.55. The Balaban J connectivity index is 2.21. The molecule has 6 heteroatoms. The average Bonchev–Trinajstić information content (AvgIpc) is 2.40. The molecule has 0 aliphatic heterocycles. The summed E-state index contributed by atoms with van der Waals surface area (Å²) in [6.07, 6.45) is 0. The Morgan fingerprint density at radius 3 is 2.25 bits per heavy atom. The molecule has 0 radical (unpaired) electrons. The summed E-state index contributed by atoms with van der Waals surface area (Å²) in [6.45, 7) is 3.59. The molecule has 2 rings (SSSR count). The zero-order valence-electron chi connectivity index (χ0n) is 11.0. The van der Waals surface area contributed by atoms with Gasteiger partial charge >= 0.3 is 0 Å². The third-order valence-electron chi connectivity index (χ3n) is 2.93. The lowest BCUT2D eigenvalue weighted by molar-refractivity contribution is 0.629. The van der Waals surface area contributed by atoms with Crippen molar-refractivity contribution in [2.24, 2.45) is 0 Å². The molecule has 0 saturated heterocycles. The first kappa shape index (κ1) is 15.0. The Bertz CT molecular complexity index is 658. The number of hydrogen-bond acceptors (Lipinski definition) is 4. The van der Waals surface area contributed by atoms with Crippen LogP contribution in [0.2, 0.25) is 0 Å². The Labute approximate surface area is 124 Å². The number of aryl methyl sites for hydroxylation is 1. The molecule has 0 bridgehead atoms. The van der Waals surface area contributed by atoms with E-state index in [2.05, 4.69) is 0 Å². The first-order valence-electron chi connectivity index (χ1n) is 5.85. The minimum absolute atomic E-state index is 0.119. The van der Waals surface area contributed by atoms with E-state index in [1.165, 1.54) is 33.7 Å². The molecule has 0 saturated carbocycles. The van der Waals surface area contributed by atoms with Crippen molar-refractivity contribution in [3.05, 3.63) is 47.0 Å². The van der Waals surface area contributed by atoms with E-state index in [1.807, 2.05) is 6.92 Å². The van der Waals surface area contributed by atoms with Gasteiger partial charge < -0.3 is 11.5 Å². The lowest BCUT2D eigenvalue weighted by Gasteiger charge is -2.10. The number of hydrogen-bond donors (Lipinski definition) is 2. The summed E-state index contributed by atoms with van der Waals surface area (Å²) < 4.78 is 26.6. The van der Waals surface area contributed by atoms with Crippen LogP contribution in [0.4, 0.5) is 20.2 Å². The van der Waals surface area contributed by atoms with Crippen LogP contribution < -0.4 is 11.5 Å². The molecule has 20 heavy (non-hydrogen) atoms. The molecule has 106 valence electrons. The van der Waals surface area contributed by atoms with Gasteiger partial charge in [0.1, 0.15) is 11.6 Å². The van der Waals surface area contributed by atoms with Crippen LogP contribution in [0, 0.1) is 25.5 Å². The molecule has 0 amide bonds. The zero-order valence-corrected chi connectivity index (χ0v) is 12.7.